The molecule has 0 heterocycles. The summed E-state index contributed by atoms with van der Waals surface area (Å²) in [5.41, 5.74) is 3.90. The van der Waals surface area contributed by atoms with Crippen molar-refractivity contribution in [2.75, 3.05) is 6.54 Å². The lowest BCUT2D eigenvalue weighted by Gasteiger charge is -2.20. The zero-order valence-electron chi connectivity index (χ0n) is 13.1. The fraction of sp³-hybridized carbons (Fsp3) is 0.368. The van der Waals surface area contributed by atoms with E-state index in [2.05, 4.69) is 56.4 Å². The van der Waals surface area contributed by atoms with Crippen molar-refractivity contribution in [3.63, 3.8) is 0 Å². The van der Waals surface area contributed by atoms with E-state index in [9.17, 15) is 0 Å². The van der Waals surface area contributed by atoms with Crippen molar-refractivity contribution in [2.24, 2.45) is 0 Å². The van der Waals surface area contributed by atoms with E-state index in [1.165, 1.54) is 23.1 Å². The molecule has 0 aromatic heterocycles. The Hall–Kier alpha value is -1.31. The molecule has 0 bridgehead atoms. The summed E-state index contributed by atoms with van der Waals surface area (Å²) in [5, 5.41) is 4.33. The zero-order chi connectivity index (χ0) is 15.2. The quantitative estimate of drug-likeness (QED) is 0.737. The predicted octanol–water partition coefficient (Wildman–Crippen LogP) is 5.55. The van der Waals surface area contributed by atoms with Gasteiger partial charge in [-0.15, -0.1) is 0 Å². The van der Waals surface area contributed by atoms with Crippen LogP contribution in [0.25, 0.3) is 0 Å². The maximum absolute atomic E-state index is 6.13. The van der Waals surface area contributed by atoms with E-state index in [1.807, 2.05) is 18.2 Å². The second-order valence-corrected chi connectivity index (χ2v) is 5.96. The minimum absolute atomic E-state index is 0.194. The second kappa shape index (κ2) is 7.63. The van der Waals surface area contributed by atoms with Crippen LogP contribution in [0.1, 0.15) is 55.8 Å². The number of rotatable bonds is 6. The van der Waals surface area contributed by atoms with Gasteiger partial charge in [-0.3, -0.25) is 0 Å². The van der Waals surface area contributed by atoms with Gasteiger partial charge in [0.25, 0.3) is 0 Å². The van der Waals surface area contributed by atoms with Crippen LogP contribution in [-0.2, 0) is 0 Å². The molecular formula is C19H24ClN. The number of halogens is 1. The third-order valence-corrected chi connectivity index (χ3v) is 4.28. The summed E-state index contributed by atoms with van der Waals surface area (Å²) in [6.45, 7) is 7.55. The van der Waals surface area contributed by atoms with E-state index in [4.69, 9.17) is 11.6 Å². The third-order valence-electron chi connectivity index (χ3n) is 4.04. The highest BCUT2D eigenvalue weighted by Gasteiger charge is 2.13. The van der Waals surface area contributed by atoms with Crippen LogP contribution < -0.4 is 5.32 Å². The molecule has 2 unspecified atom stereocenters. The standard InChI is InChI=1S/C19H24ClN/c1-4-14(3)15-9-11-16(12-10-15)19(21-5-2)17-7-6-8-18(20)13-17/h6-14,19,21H,4-5H2,1-3H3. The molecule has 0 saturated heterocycles. The third kappa shape index (κ3) is 4.09. The van der Waals surface area contributed by atoms with E-state index in [0.717, 1.165) is 11.6 Å². The topological polar surface area (TPSA) is 12.0 Å². The first-order valence-electron chi connectivity index (χ1n) is 7.74. The van der Waals surface area contributed by atoms with Crippen LogP contribution in [0.5, 0.6) is 0 Å². The van der Waals surface area contributed by atoms with Crippen molar-refractivity contribution in [3.8, 4) is 0 Å². The zero-order valence-corrected chi connectivity index (χ0v) is 13.8. The average molecular weight is 302 g/mol. The fourth-order valence-corrected chi connectivity index (χ4v) is 2.77. The number of hydrogen-bond acceptors (Lipinski definition) is 1. The first-order valence-corrected chi connectivity index (χ1v) is 8.12. The molecule has 0 amide bonds. The summed E-state index contributed by atoms with van der Waals surface area (Å²) in [6, 6.07) is 17.2. The van der Waals surface area contributed by atoms with Gasteiger partial charge in [-0.05, 0) is 47.7 Å². The molecule has 1 nitrogen and oxygen atoms in total. The van der Waals surface area contributed by atoms with Gasteiger partial charge in [-0.25, -0.2) is 0 Å². The highest BCUT2D eigenvalue weighted by Crippen LogP contribution is 2.26. The largest absolute Gasteiger partial charge is 0.307 e. The van der Waals surface area contributed by atoms with E-state index in [0.29, 0.717) is 5.92 Å². The predicted molar refractivity (Wildman–Crippen MR) is 92.1 cm³/mol. The van der Waals surface area contributed by atoms with Crippen molar-refractivity contribution >= 4 is 11.6 Å². The second-order valence-electron chi connectivity index (χ2n) is 5.52. The molecule has 1 N–H and O–H groups in total. The molecule has 0 aliphatic carbocycles. The van der Waals surface area contributed by atoms with Gasteiger partial charge in [0.1, 0.15) is 0 Å². The number of nitrogens with one attached hydrogen (secondary N) is 1. The van der Waals surface area contributed by atoms with Crippen molar-refractivity contribution in [3.05, 3.63) is 70.2 Å². The normalized spacial score (nSPS) is 13.9. The van der Waals surface area contributed by atoms with Gasteiger partial charge in [0.05, 0.1) is 6.04 Å². The van der Waals surface area contributed by atoms with Crippen molar-refractivity contribution < 1.29 is 0 Å². The van der Waals surface area contributed by atoms with E-state index < -0.39 is 0 Å². The van der Waals surface area contributed by atoms with Crippen LogP contribution in [0.4, 0.5) is 0 Å². The summed E-state index contributed by atoms with van der Waals surface area (Å²) in [4.78, 5) is 0. The van der Waals surface area contributed by atoms with Crippen LogP contribution in [0.15, 0.2) is 48.5 Å². The average Bonchev–Trinajstić information content (AvgIpc) is 2.52. The smallest absolute Gasteiger partial charge is 0.0577 e. The van der Waals surface area contributed by atoms with Gasteiger partial charge in [-0.1, -0.05) is 68.8 Å². The molecule has 0 spiro atoms. The summed E-state index contributed by atoms with van der Waals surface area (Å²) in [6.07, 6.45) is 1.17. The molecule has 0 radical (unpaired) electrons. The summed E-state index contributed by atoms with van der Waals surface area (Å²) < 4.78 is 0. The molecule has 2 aromatic carbocycles. The van der Waals surface area contributed by atoms with Crippen molar-refractivity contribution in [1.29, 1.82) is 0 Å². The number of hydrogen-bond donors (Lipinski definition) is 1. The molecule has 0 aliphatic heterocycles. The minimum Gasteiger partial charge on any atom is -0.307 e. The van der Waals surface area contributed by atoms with Crippen molar-refractivity contribution in [2.45, 2.75) is 39.2 Å². The monoisotopic (exact) mass is 301 g/mol. The first kappa shape index (κ1) is 16.1. The maximum Gasteiger partial charge on any atom is 0.0577 e. The molecule has 0 saturated carbocycles. The van der Waals surface area contributed by atoms with Crippen LogP contribution in [-0.4, -0.2) is 6.54 Å². The molecular weight excluding hydrogens is 278 g/mol. The van der Waals surface area contributed by atoms with Gasteiger partial charge >= 0.3 is 0 Å². The minimum atomic E-state index is 0.194. The Morgan fingerprint density at radius 3 is 2.19 bits per heavy atom. The lowest BCUT2D eigenvalue weighted by molar-refractivity contribution is 0.630. The molecule has 2 heteroatoms. The molecule has 112 valence electrons. The van der Waals surface area contributed by atoms with Gasteiger partial charge in [-0.2, -0.15) is 0 Å². The van der Waals surface area contributed by atoms with Crippen molar-refractivity contribution in [1.82, 2.24) is 5.32 Å². The van der Waals surface area contributed by atoms with Crippen LogP contribution in [0.2, 0.25) is 5.02 Å². The Kier molecular flexibility index (Phi) is 5.84. The van der Waals surface area contributed by atoms with E-state index >= 15 is 0 Å². The first-order chi connectivity index (χ1) is 10.2. The van der Waals surface area contributed by atoms with Gasteiger partial charge in [0.2, 0.25) is 0 Å². The van der Waals surface area contributed by atoms with Gasteiger partial charge in [0, 0.05) is 5.02 Å². The van der Waals surface area contributed by atoms with E-state index in [1.54, 1.807) is 0 Å². The van der Waals surface area contributed by atoms with Gasteiger partial charge < -0.3 is 5.32 Å². The Morgan fingerprint density at radius 1 is 0.952 bits per heavy atom. The Morgan fingerprint density at radius 2 is 1.62 bits per heavy atom. The van der Waals surface area contributed by atoms with Crippen LogP contribution in [0, 0.1) is 0 Å². The molecule has 0 aliphatic rings. The summed E-state index contributed by atoms with van der Waals surface area (Å²) >= 11 is 6.13. The van der Waals surface area contributed by atoms with Gasteiger partial charge in [0.15, 0.2) is 0 Å². The summed E-state index contributed by atoms with van der Waals surface area (Å²) in [5.74, 6) is 0.614. The lowest BCUT2D eigenvalue weighted by atomic mass is 9.93. The highest BCUT2D eigenvalue weighted by atomic mass is 35.5. The number of benzene rings is 2. The Labute approximate surface area is 133 Å². The summed E-state index contributed by atoms with van der Waals surface area (Å²) in [7, 11) is 0. The molecule has 2 rings (SSSR count). The Balaban J connectivity index is 2.30. The highest BCUT2D eigenvalue weighted by molar-refractivity contribution is 6.30. The molecule has 2 atom stereocenters. The fourth-order valence-electron chi connectivity index (χ4n) is 2.57. The SMILES string of the molecule is CCNC(c1ccc(C(C)CC)cc1)c1cccc(Cl)c1. The van der Waals surface area contributed by atoms with Crippen LogP contribution >= 0.6 is 11.6 Å². The lowest BCUT2D eigenvalue weighted by Crippen LogP contribution is -2.22. The van der Waals surface area contributed by atoms with E-state index in [-0.39, 0.29) is 6.04 Å². The molecule has 2 aromatic rings. The molecule has 21 heavy (non-hydrogen) atoms. The molecule has 0 fully saturated rings. The Bertz CT molecular complexity index is 562. The van der Waals surface area contributed by atoms with Crippen LogP contribution in [0.3, 0.4) is 0 Å². The maximum atomic E-state index is 6.13.